The van der Waals surface area contributed by atoms with Gasteiger partial charge in [-0.1, -0.05) is 58.9 Å². The first kappa shape index (κ1) is 15.2. The molecule has 0 aromatic heterocycles. The predicted molar refractivity (Wildman–Crippen MR) is 81.0 cm³/mol. The van der Waals surface area contributed by atoms with Gasteiger partial charge in [0.2, 0.25) is 0 Å². The maximum Gasteiger partial charge on any atom is 0.0369 e. The average Bonchev–Trinajstić information content (AvgIpc) is 2.39. The SMILES string of the molecule is CCC(C)c1ccc(C(NC)C(C)(C)CC)cc1. The van der Waals surface area contributed by atoms with E-state index in [0.29, 0.717) is 12.0 Å². The average molecular weight is 247 g/mol. The number of benzene rings is 1. The van der Waals surface area contributed by atoms with E-state index in [0.717, 1.165) is 0 Å². The van der Waals surface area contributed by atoms with Crippen molar-refractivity contribution in [3.63, 3.8) is 0 Å². The van der Waals surface area contributed by atoms with Gasteiger partial charge >= 0.3 is 0 Å². The number of hydrogen-bond acceptors (Lipinski definition) is 1. The van der Waals surface area contributed by atoms with Crippen LogP contribution in [0.3, 0.4) is 0 Å². The number of nitrogens with one attached hydrogen (secondary N) is 1. The summed E-state index contributed by atoms with van der Waals surface area (Å²) >= 11 is 0. The van der Waals surface area contributed by atoms with E-state index >= 15 is 0 Å². The van der Waals surface area contributed by atoms with Crippen molar-refractivity contribution in [3.8, 4) is 0 Å². The first-order chi connectivity index (χ1) is 8.46. The van der Waals surface area contributed by atoms with Crippen molar-refractivity contribution >= 4 is 0 Å². The lowest BCUT2D eigenvalue weighted by atomic mass is 9.78. The van der Waals surface area contributed by atoms with Gasteiger partial charge in [0.15, 0.2) is 0 Å². The summed E-state index contributed by atoms with van der Waals surface area (Å²) in [6.45, 7) is 11.5. The van der Waals surface area contributed by atoms with Gasteiger partial charge < -0.3 is 5.32 Å². The molecule has 1 aromatic carbocycles. The van der Waals surface area contributed by atoms with E-state index in [1.807, 2.05) is 0 Å². The zero-order valence-corrected chi connectivity index (χ0v) is 12.9. The largest absolute Gasteiger partial charge is 0.313 e. The van der Waals surface area contributed by atoms with Crippen molar-refractivity contribution < 1.29 is 0 Å². The van der Waals surface area contributed by atoms with Crippen molar-refractivity contribution in [2.75, 3.05) is 7.05 Å². The molecule has 1 N–H and O–H groups in total. The van der Waals surface area contributed by atoms with Crippen LogP contribution in [0.2, 0.25) is 0 Å². The van der Waals surface area contributed by atoms with Crippen molar-refractivity contribution in [1.82, 2.24) is 5.32 Å². The molecule has 0 aliphatic heterocycles. The van der Waals surface area contributed by atoms with E-state index in [9.17, 15) is 0 Å². The molecule has 1 rings (SSSR count). The minimum Gasteiger partial charge on any atom is -0.313 e. The molecular formula is C17H29N. The summed E-state index contributed by atoms with van der Waals surface area (Å²) in [7, 11) is 2.06. The van der Waals surface area contributed by atoms with E-state index < -0.39 is 0 Å². The van der Waals surface area contributed by atoms with E-state index in [2.05, 4.69) is 71.2 Å². The van der Waals surface area contributed by atoms with Gasteiger partial charge in [-0.3, -0.25) is 0 Å². The topological polar surface area (TPSA) is 12.0 Å². The van der Waals surface area contributed by atoms with E-state index in [1.165, 1.54) is 24.0 Å². The fourth-order valence-electron chi connectivity index (χ4n) is 2.47. The second kappa shape index (κ2) is 6.38. The van der Waals surface area contributed by atoms with Crippen LogP contribution < -0.4 is 5.32 Å². The van der Waals surface area contributed by atoms with E-state index in [1.54, 1.807) is 0 Å². The highest BCUT2D eigenvalue weighted by atomic mass is 14.9. The zero-order valence-electron chi connectivity index (χ0n) is 12.9. The molecule has 0 bridgehead atoms. The second-order valence-electron chi connectivity index (χ2n) is 6.04. The Bertz CT molecular complexity index is 350. The molecule has 1 aromatic rings. The lowest BCUT2D eigenvalue weighted by Gasteiger charge is -2.34. The lowest BCUT2D eigenvalue weighted by Crippen LogP contribution is -2.31. The molecule has 2 atom stereocenters. The Kier molecular flexibility index (Phi) is 5.40. The summed E-state index contributed by atoms with van der Waals surface area (Å²) in [5, 5.41) is 3.47. The van der Waals surface area contributed by atoms with Crippen molar-refractivity contribution in [2.45, 2.75) is 59.4 Å². The predicted octanol–water partition coefficient (Wildman–Crippen LogP) is 4.90. The molecule has 0 aliphatic carbocycles. The first-order valence-electron chi connectivity index (χ1n) is 7.23. The van der Waals surface area contributed by atoms with Gasteiger partial charge in [-0.2, -0.15) is 0 Å². The van der Waals surface area contributed by atoms with Crippen molar-refractivity contribution in [2.24, 2.45) is 5.41 Å². The van der Waals surface area contributed by atoms with Crippen LogP contribution in [0, 0.1) is 5.41 Å². The Morgan fingerprint density at radius 3 is 1.94 bits per heavy atom. The van der Waals surface area contributed by atoms with Crippen molar-refractivity contribution in [1.29, 1.82) is 0 Å². The fourth-order valence-corrected chi connectivity index (χ4v) is 2.47. The normalized spacial score (nSPS) is 15.4. The van der Waals surface area contributed by atoms with Gasteiger partial charge in [-0.05, 0) is 42.3 Å². The summed E-state index contributed by atoms with van der Waals surface area (Å²) in [6, 6.07) is 9.59. The molecule has 0 fully saturated rings. The van der Waals surface area contributed by atoms with Crippen LogP contribution in [0.15, 0.2) is 24.3 Å². The third kappa shape index (κ3) is 3.35. The molecule has 0 heterocycles. The highest BCUT2D eigenvalue weighted by Crippen LogP contribution is 2.36. The van der Waals surface area contributed by atoms with Crippen LogP contribution in [-0.2, 0) is 0 Å². The molecule has 0 amide bonds. The summed E-state index contributed by atoms with van der Waals surface area (Å²) in [5.41, 5.74) is 3.13. The highest BCUT2D eigenvalue weighted by molar-refractivity contribution is 5.28. The number of rotatable bonds is 6. The van der Waals surface area contributed by atoms with E-state index in [4.69, 9.17) is 0 Å². The van der Waals surface area contributed by atoms with Gasteiger partial charge in [0, 0.05) is 6.04 Å². The third-order valence-corrected chi connectivity index (χ3v) is 4.43. The van der Waals surface area contributed by atoms with Crippen LogP contribution in [0.4, 0.5) is 0 Å². The fraction of sp³-hybridized carbons (Fsp3) is 0.647. The van der Waals surface area contributed by atoms with Crippen LogP contribution in [0.5, 0.6) is 0 Å². The van der Waals surface area contributed by atoms with Gasteiger partial charge in [0.05, 0.1) is 0 Å². The van der Waals surface area contributed by atoms with Gasteiger partial charge in [-0.25, -0.2) is 0 Å². The molecule has 1 heteroatoms. The summed E-state index contributed by atoms with van der Waals surface area (Å²) in [4.78, 5) is 0. The minimum absolute atomic E-state index is 0.284. The Morgan fingerprint density at radius 2 is 1.56 bits per heavy atom. The number of hydrogen-bond donors (Lipinski definition) is 1. The van der Waals surface area contributed by atoms with Crippen LogP contribution in [-0.4, -0.2) is 7.05 Å². The quantitative estimate of drug-likeness (QED) is 0.754. The van der Waals surface area contributed by atoms with Crippen molar-refractivity contribution in [3.05, 3.63) is 35.4 Å². The zero-order chi connectivity index (χ0) is 13.8. The van der Waals surface area contributed by atoms with E-state index in [-0.39, 0.29) is 5.41 Å². The lowest BCUT2D eigenvalue weighted by molar-refractivity contribution is 0.245. The first-order valence-corrected chi connectivity index (χ1v) is 7.23. The molecule has 18 heavy (non-hydrogen) atoms. The van der Waals surface area contributed by atoms with Gasteiger partial charge in [0.1, 0.15) is 0 Å². The molecule has 2 unspecified atom stereocenters. The maximum absolute atomic E-state index is 3.47. The molecule has 0 saturated carbocycles. The minimum atomic E-state index is 0.284. The molecule has 0 spiro atoms. The van der Waals surface area contributed by atoms with Crippen LogP contribution in [0.25, 0.3) is 0 Å². The molecule has 0 radical (unpaired) electrons. The Balaban J connectivity index is 2.95. The monoisotopic (exact) mass is 247 g/mol. The van der Waals surface area contributed by atoms with Crippen LogP contribution >= 0.6 is 0 Å². The Morgan fingerprint density at radius 1 is 1.06 bits per heavy atom. The molecule has 102 valence electrons. The third-order valence-electron chi connectivity index (χ3n) is 4.43. The summed E-state index contributed by atoms with van der Waals surface area (Å²) < 4.78 is 0. The van der Waals surface area contributed by atoms with Crippen LogP contribution in [0.1, 0.15) is 70.5 Å². The summed E-state index contributed by atoms with van der Waals surface area (Å²) in [5.74, 6) is 0.659. The van der Waals surface area contributed by atoms with Gasteiger partial charge in [0.25, 0.3) is 0 Å². The maximum atomic E-state index is 3.47. The molecular weight excluding hydrogens is 218 g/mol. The molecule has 1 nitrogen and oxygen atoms in total. The molecule has 0 aliphatic rings. The Hall–Kier alpha value is -0.820. The second-order valence-corrected chi connectivity index (χ2v) is 6.04. The Labute approximate surface area is 113 Å². The standard InChI is InChI=1S/C17H29N/c1-7-13(3)14-9-11-15(12-10-14)16(18-6)17(4,5)8-2/h9-13,16,18H,7-8H2,1-6H3. The summed E-state index contributed by atoms with van der Waals surface area (Å²) in [6.07, 6.45) is 2.38. The smallest absolute Gasteiger partial charge is 0.0369 e. The molecule has 0 saturated heterocycles. The van der Waals surface area contributed by atoms with Gasteiger partial charge in [-0.15, -0.1) is 0 Å². The highest BCUT2D eigenvalue weighted by Gasteiger charge is 2.27.